The number of nitrogens with zero attached hydrogens (tertiary/aromatic N) is 1. The third-order valence-electron chi connectivity index (χ3n) is 5.84. The molecule has 1 aliphatic carbocycles. The zero-order chi connectivity index (χ0) is 22.0. The van der Waals surface area contributed by atoms with E-state index in [4.69, 9.17) is 9.47 Å². The van der Waals surface area contributed by atoms with Crippen LogP contribution in [0.15, 0.2) is 42.5 Å². The van der Waals surface area contributed by atoms with Gasteiger partial charge in [-0.1, -0.05) is 24.3 Å². The summed E-state index contributed by atoms with van der Waals surface area (Å²) in [6, 6.07) is 12.1. The van der Waals surface area contributed by atoms with Gasteiger partial charge in [-0.25, -0.2) is 4.79 Å². The molecule has 0 saturated carbocycles. The average Bonchev–Trinajstić information content (AvgIpc) is 2.91. The first-order chi connectivity index (χ1) is 15.0. The van der Waals surface area contributed by atoms with Gasteiger partial charge in [-0.05, 0) is 36.8 Å². The standard InChI is InChI=1S/C23H25N3O5/c1-30-17-11-16(12-18(13-17)31-2)24-20(27)14-26-21(28)23(25-22(26)29)10-6-5-8-15-7-3-4-9-19(15)23/h3-4,7,9,11-13H,5-6,8,10,14H2,1-2H3,(H,24,27)(H,25,29). The molecule has 1 spiro atoms. The van der Waals surface area contributed by atoms with Crippen LogP contribution in [0.3, 0.4) is 0 Å². The van der Waals surface area contributed by atoms with Gasteiger partial charge in [0.2, 0.25) is 5.91 Å². The number of anilines is 1. The van der Waals surface area contributed by atoms with Crippen molar-refractivity contribution in [2.75, 3.05) is 26.1 Å². The Balaban J connectivity index is 1.55. The molecule has 162 valence electrons. The predicted octanol–water partition coefficient (Wildman–Crippen LogP) is 2.82. The molecule has 0 bridgehead atoms. The maximum atomic E-state index is 13.4. The van der Waals surface area contributed by atoms with Crippen LogP contribution in [0.1, 0.15) is 30.4 Å². The van der Waals surface area contributed by atoms with Gasteiger partial charge in [0.25, 0.3) is 5.91 Å². The quantitative estimate of drug-likeness (QED) is 0.721. The first-order valence-electron chi connectivity index (χ1n) is 10.2. The van der Waals surface area contributed by atoms with E-state index in [2.05, 4.69) is 10.6 Å². The van der Waals surface area contributed by atoms with Crippen molar-refractivity contribution < 1.29 is 23.9 Å². The molecule has 1 unspecified atom stereocenters. The molecule has 1 atom stereocenters. The van der Waals surface area contributed by atoms with Gasteiger partial charge in [-0.3, -0.25) is 14.5 Å². The van der Waals surface area contributed by atoms with Crippen molar-refractivity contribution in [2.24, 2.45) is 0 Å². The summed E-state index contributed by atoms with van der Waals surface area (Å²) < 4.78 is 10.4. The number of ether oxygens (including phenoxy) is 2. The van der Waals surface area contributed by atoms with Crippen LogP contribution in [0, 0.1) is 0 Å². The lowest BCUT2D eigenvalue weighted by atomic mass is 9.84. The molecule has 31 heavy (non-hydrogen) atoms. The van der Waals surface area contributed by atoms with Gasteiger partial charge in [0.1, 0.15) is 23.6 Å². The smallest absolute Gasteiger partial charge is 0.325 e. The first-order valence-corrected chi connectivity index (χ1v) is 10.2. The Morgan fingerprint density at radius 3 is 2.52 bits per heavy atom. The van der Waals surface area contributed by atoms with E-state index in [1.165, 1.54) is 14.2 Å². The van der Waals surface area contributed by atoms with Gasteiger partial charge in [0, 0.05) is 23.9 Å². The summed E-state index contributed by atoms with van der Waals surface area (Å²) in [4.78, 5) is 39.8. The van der Waals surface area contributed by atoms with Crippen LogP contribution in [-0.2, 0) is 21.5 Å². The molecule has 8 nitrogen and oxygen atoms in total. The fraction of sp³-hybridized carbons (Fsp3) is 0.348. The SMILES string of the molecule is COc1cc(NC(=O)CN2C(=O)NC3(CCCCc4ccccc43)C2=O)cc(OC)c1. The zero-order valence-corrected chi connectivity index (χ0v) is 17.6. The van der Waals surface area contributed by atoms with Crippen LogP contribution in [0.25, 0.3) is 0 Å². The predicted molar refractivity (Wildman–Crippen MR) is 114 cm³/mol. The number of rotatable bonds is 5. The van der Waals surface area contributed by atoms with E-state index < -0.39 is 17.5 Å². The maximum Gasteiger partial charge on any atom is 0.325 e. The number of amides is 4. The summed E-state index contributed by atoms with van der Waals surface area (Å²) in [5.74, 6) is 0.153. The molecule has 1 aliphatic heterocycles. The van der Waals surface area contributed by atoms with E-state index in [0.29, 0.717) is 23.6 Å². The average molecular weight is 423 g/mol. The number of hydrogen-bond acceptors (Lipinski definition) is 5. The summed E-state index contributed by atoms with van der Waals surface area (Å²) in [5.41, 5.74) is 1.22. The molecular formula is C23H25N3O5. The third-order valence-corrected chi connectivity index (χ3v) is 5.84. The van der Waals surface area contributed by atoms with E-state index >= 15 is 0 Å². The van der Waals surface area contributed by atoms with E-state index in [1.54, 1.807) is 18.2 Å². The van der Waals surface area contributed by atoms with Crippen LogP contribution in [-0.4, -0.2) is 43.5 Å². The molecule has 1 heterocycles. The second-order valence-corrected chi connectivity index (χ2v) is 7.74. The number of benzene rings is 2. The van der Waals surface area contributed by atoms with Gasteiger partial charge in [0.15, 0.2) is 0 Å². The molecule has 8 heteroatoms. The fourth-order valence-corrected chi connectivity index (χ4v) is 4.34. The summed E-state index contributed by atoms with van der Waals surface area (Å²) in [6.45, 7) is -0.381. The van der Waals surface area contributed by atoms with E-state index in [0.717, 1.165) is 35.3 Å². The summed E-state index contributed by atoms with van der Waals surface area (Å²) >= 11 is 0. The van der Waals surface area contributed by atoms with Crippen LogP contribution in [0.5, 0.6) is 11.5 Å². The molecule has 2 aromatic rings. The van der Waals surface area contributed by atoms with Crippen LogP contribution < -0.4 is 20.1 Å². The first kappa shape index (κ1) is 20.7. The molecular weight excluding hydrogens is 398 g/mol. The van der Waals surface area contributed by atoms with Crippen molar-refractivity contribution in [3.05, 3.63) is 53.6 Å². The highest BCUT2D eigenvalue weighted by molar-refractivity contribution is 6.10. The van der Waals surface area contributed by atoms with Crippen molar-refractivity contribution in [3.63, 3.8) is 0 Å². The largest absolute Gasteiger partial charge is 0.497 e. The number of methoxy groups -OCH3 is 2. The topological polar surface area (TPSA) is 97.0 Å². The number of nitrogens with one attached hydrogen (secondary N) is 2. The molecule has 1 fully saturated rings. The molecule has 0 aromatic heterocycles. The maximum absolute atomic E-state index is 13.4. The van der Waals surface area contributed by atoms with Gasteiger partial charge >= 0.3 is 6.03 Å². The van der Waals surface area contributed by atoms with Gasteiger partial charge in [0.05, 0.1) is 14.2 Å². The summed E-state index contributed by atoms with van der Waals surface area (Å²) in [6.07, 6.45) is 3.13. The van der Waals surface area contributed by atoms with Crippen LogP contribution in [0.4, 0.5) is 10.5 Å². The molecule has 0 radical (unpaired) electrons. The molecule has 4 rings (SSSR count). The van der Waals surface area contributed by atoms with Crippen molar-refractivity contribution >= 4 is 23.5 Å². The Morgan fingerprint density at radius 2 is 1.81 bits per heavy atom. The van der Waals surface area contributed by atoms with Gasteiger partial charge in [-0.2, -0.15) is 0 Å². The highest BCUT2D eigenvalue weighted by Gasteiger charge is 2.53. The van der Waals surface area contributed by atoms with Gasteiger partial charge in [-0.15, -0.1) is 0 Å². The Hall–Kier alpha value is -3.55. The lowest BCUT2D eigenvalue weighted by Crippen LogP contribution is -2.44. The highest BCUT2D eigenvalue weighted by Crippen LogP contribution is 2.39. The van der Waals surface area contributed by atoms with Crippen LogP contribution >= 0.6 is 0 Å². The summed E-state index contributed by atoms with van der Waals surface area (Å²) in [7, 11) is 3.02. The molecule has 4 amide bonds. The van der Waals surface area contributed by atoms with Crippen molar-refractivity contribution in [1.29, 1.82) is 0 Å². The minimum absolute atomic E-state index is 0.381. The number of aryl methyl sites for hydroxylation is 1. The number of urea groups is 1. The van der Waals surface area contributed by atoms with Crippen LogP contribution in [0.2, 0.25) is 0 Å². The summed E-state index contributed by atoms with van der Waals surface area (Å²) in [5, 5.41) is 5.60. The molecule has 1 saturated heterocycles. The second-order valence-electron chi connectivity index (χ2n) is 7.74. The van der Waals surface area contributed by atoms with Crippen molar-refractivity contribution in [1.82, 2.24) is 10.2 Å². The monoisotopic (exact) mass is 423 g/mol. The Labute approximate surface area is 180 Å². The lowest BCUT2D eigenvalue weighted by Gasteiger charge is -2.27. The van der Waals surface area contributed by atoms with Crippen molar-refractivity contribution in [3.8, 4) is 11.5 Å². The molecule has 2 N–H and O–H groups in total. The number of fused-ring (bicyclic) bond motifs is 2. The highest BCUT2D eigenvalue weighted by atomic mass is 16.5. The Bertz CT molecular complexity index is 1020. The number of imide groups is 1. The number of carbonyl (C=O) groups excluding carboxylic acids is 3. The van der Waals surface area contributed by atoms with Crippen molar-refractivity contribution in [2.45, 2.75) is 31.2 Å². The van der Waals surface area contributed by atoms with Gasteiger partial charge < -0.3 is 20.1 Å². The zero-order valence-electron chi connectivity index (χ0n) is 17.6. The number of hydrogen-bond donors (Lipinski definition) is 2. The molecule has 2 aromatic carbocycles. The fourth-order valence-electron chi connectivity index (χ4n) is 4.34. The number of carbonyl (C=O) groups is 3. The normalized spacial score (nSPS) is 20.1. The Kier molecular flexibility index (Phi) is 5.54. The van der Waals surface area contributed by atoms with E-state index in [1.807, 2.05) is 24.3 Å². The lowest BCUT2D eigenvalue weighted by molar-refractivity contribution is -0.134. The van der Waals surface area contributed by atoms with E-state index in [9.17, 15) is 14.4 Å². The molecule has 2 aliphatic rings. The minimum Gasteiger partial charge on any atom is -0.497 e. The Morgan fingerprint density at radius 1 is 1.10 bits per heavy atom. The van der Waals surface area contributed by atoms with E-state index in [-0.39, 0.29) is 12.5 Å². The second kappa shape index (κ2) is 8.29. The minimum atomic E-state index is -1.11. The third kappa shape index (κ3) is 3.81.